The van der Waals surface area contributed by atoms with Crippen LogP contribution >= 0.6 is 23.2 Å². The molecular weight excluding hydrogens is 301 g/mol. The van der Waals surface area contributed by atoms with Crippen LogP contribution in [0.3, 0.4) is 0 Å². The van der Waals surface area contributed by atoms with Crippen molar-refractivity contribution in [2.75, 3.05) is 14.1 Å². The number of hydrogen-bond donors (Lipinski definition) is 1. The zero-order valence-corrected chi connectivity index (χ0v) is 12.5. The minimum atomic E-state index is -0.194. The summed E-state index contributed by atoms with van der Waals surface area (Å²) in [5, 5.41) is 11.5. The van der Waals surface area contributed by atoms with Gasteiger partial charge in [-0.05, 0) is 12.1 Å². The van der Waals surface area contributed by atoms with E-state index in [9.17, 15) is 4.79 Å². The van der Waals surface area contributed by atoms with Crippen molar-refractivity contribution in [2.24, 2.45) is 0 Å². The number of hydrogen-bond acceptors (Lipinski definition) is 3. The van der Waals surface area contributed by atoms with Crippen molar-refractivity contribution in [3.05, 3.63) is 40.1 Å². The Morgan fingerprint density at radius 3 is 2.85 bits per heavy atom. The van der Waals surface area contributed by atoms with Crippen molar-refractivity contribution in [2.45, 2.75) is 6.54 Å². The minimum absolute atomic E-state index is 0.194. The Kier molecular flexibility index (Phi) is 4.46. The van der Waals surface area contributed by atoms with E-state index in [1.165, 1.54) is 9.58 Å². The van der Waals surface area contributed by atoms with Crippen LogP contribution in [-0.2, 0) is 6.54 Å². The first-order chi connectivity index (χ1) is 9.49. The summed E-state index contributed by atoms with van der Waals surface area (Å²) < 4.78 is 1.52. The molecule has 2 rings (SSSR count). The fourth-order valence-corrected chi connectivity index (χ4v) is 1.87. The molecule has 6 nitrogen and oxygen atoms in total. The standard InChI is InChI=1S/C12H13Cl2N5O/c1-18(2)12(20)15-6-8-7-19(17-16-8)10-5-3-4-9(13)11(10)14/h3-5,7H,6H2,1-2H3,(H,15,20). The van der Waals surface area contributed by atoms with Gasteiger partial charge in [0, 0.05) is 14.1 Å². The van der Waals surface area contributed by atoms with Crippen molar-refractivity contribution in [3.63, 3.8) is 0 Å². The highest BCUT2D eigenvalue weighted by molar-refractivity contribution is 6.43. The Morgan fingerprint density at radius 1 is 1.40 bits per heavy atom. The summed E-state index contributed by atoms with van der Waals surface area (Å²) in [6, 6.07) is 5.06. The van der Waals surface area contributed by atoms with Gasteiger partial charge in [-0.2, -0.15) is 0 Å². The third kappa shape index (κ3) is 3.20. The van der Waals surface area contributed by atoms with Crippen LogP contribution in [0.1, 0.15) is 5.69 Å². The quantitative estimate of drug-likeness (QED) is 0.946. The second-order valence-electron chi connectivity index (χ2n) is 4.28. The van der Waals surface area contributed by atoms with Crippen LogP contribution in [0.5, 0.6) is 0 Å². The average Bonchev–Trinajstić information content (AvgIpc) is 2.87. The highest BCUT2D eigenvalue weighted by atomic mass is 35.5. The van der Waals surface area contributed by atoms with Crippen LogP contribution in [0.15, 0.2) is 24.4 Å². The highest BCUT2D eigenvalue weighted by Crippen LogP contribution is 2.27. The summed E-state index contributed by atoms with van der Waals surface area (Å²) in [5.74, 6) is 0. The number of aromatic nitrogens is 3. The van der Waals surface area contributed by atoms with Gasteiger partial charge in [0.25, 0.3) is 0 Å². The number of benzene rings is 1. The van der Waals surface area contributed by atoms with Gasteiger partial charge in [0.1, 0.15) is 5.69 Å². The molecular formula is C12H13Cl2N5O. The SMILES string of the molecule is CN(C)C(=O)NCc1cn(-c2cccc(Cl)c2Cl)nn1. The lowest BCUT2D eigenvalue weighted by Gasteiger charge is -2.10. The normalized spacial score (nSPS) is 10.4. The largest absolute Gasteiger partial charge is 0.332 e. The molecule has 0 unspecified atom stereocenters. The van der Waals surface area contributed by atoms with Crippen molar-refractivity contribution >= 4 is 29.2 Å². The predicted octanol–water partition coefficient (Wildman–Crippen LogP) is 2.35. The summed E-state index contributed by atoms with van der Waals surface area (Å²) >= 11 is 12.1. The number of rotatable bonds is 3. The molecule has 1 heterocycles. The summed E-state index contributed by atoms with van der Waals surface area (Å²) in [6.45, 7) is 0.287. The monoisotopic (exact) mass is 313 g/mol. The maximum atomic E-state index is 11.4. The first kappa shape index (κ1) is 14.6. The minimum Gasteiger partial charge on any atom is -0.332 e. The molecule has 0 radical (unpaired) electrons. The molecule has 106 valence electrons. The first-order valence-electron chi connectivity index (χ1n) is 5.80. The summed E-state index contributed by atoms with van der Waals surface area (Å²) in [4.78, 5) is 12.9. The molecule has 20 heavy (non-hydrogen) atoms. The van der Waals surface area contributed by atoms with Gasteiger partial charge >= 0.3 is 6.03 Å². The fourth-order valence-electron chi connectivity index (χ4n) is 1.49. The molecule has 0 saturated carbocycles. The van der Waals surface area contributed by atoms with Gasteiger partial charge < -0.3 is 10.2 Å². The van der Waals surface area contributed by atoms with Gasteiger partial charge in [0.15, 0.2) is 0 Å². The van der Waals surface area contributed by atoms with Crippen molar-refractivity contribution in [1.82, 2.24) is 25.2 Å². The summed E-state index contributed by atoms with van der Waals surface area (Å²) in [6.07, 6.45) is 1.69. The van der Waals surface area contributed by atoms with E-state index in [-0.39, 0.29) is 12.6 Å². The van der Waals surface area contributed by atoms with E-state index >= 15 is 0 Å². The maximum absolute atomic E-state index is 11.4. The third-order valence-electron chi connectivity index (χ3n) is 2.55. The van der Waals surface area contributed by atoms with E-state index in [4.69, 9.17) is 23.2 Å². The van der Waals surface area contributed by atoms with Gasteiger partial charge in [-0.1, -0.05) is 34.5 Å². The molecule has 0 aliphatic rings. The van der Waals surface area contributed by atoms with Gasteiger partial charge in [0.2, 0.25) is 0 Å². The predicted molar refractivity (Wildman–Crippen MR) is 77.3 cm³/mol. The molecule has 0 aliphatic carbocycles. The maximum Gasteiger partial charge on any atom is 0.317 e. The number of carbonyl (C=O) groups is 1. The van der Waals surface area contributed by atoms with Crippen molar-refractivity contribution in [1.29, 1.82) is 0 Å². The molecule has 0 fully saturated rings. The second kappa shape index (κ2) is 6.11. The number of nitrogens with zero attached hydrogens (tertiary/aromatic N) is 4. The van der Waals surface area contributed by atoms with E-state index in [0.717, 1.165) is 0 Å². The molecule has 0 saturated heterocycles. The van der Waals surface area contributed by atoms with Crippen molar-refractivity contribution in [3.8, 4) is 5.69 Å². The second-order valence-corrected chi connectivity index (χ2v) is 5.07. The highest BCUT2D eigenvalue weighted by Gasteiger charge is 2.10. The Morgan fingerprint density at radius 2 is 2.15 bits per heavy atom. The lowest BCUT2D eigenvalue weighted by atomic mass is 10.3. The third-order valence-corrected chi connectivity index (χ3v) is 3.35. The zero-order valence-electron chi connectivity index (χ0n) is 11.0. The molecule has 1 aromatic heterocycles. The van der Waals surface area contributed by atoms with Crippen LogP contribution in [-0.4, -0.2) is 40.0 Å². The molecule has 2 amide bonds. The first-order valence-corrected chi connectivity index (χ1v) is 6.55. The van der Waals surface area contributed by atoms with Crippen LogP contribution in [0, 0.1) is 0 Å². The van der Waals surface area contributed by atoms with Crippen molar-refractivity contribution < 1.29 is 4.79 Å². The molecule has 8 heteroatoms. The lowest BCUT2D eigenvalue weighted by Crippen LogP contribution is -2.34. The van der Waals surface area contributed by atoms with Gasteiger partial charge in [0.05, 0.1) is 28.5 Å². The van der Waals surface area contributed by atoms with E-state index in [2.05, 4.69) is 15.6 Å². The van der Waals surface area contributed by atoms with Crippen LogP contribution < -0.4 is 5.32 Å². The molecule has 0 aliphatic heterocycles. The molecule has 0 spiro atoms. The Balaban J connectivity index is 2.13. The van der Waals surface area contributed by atoms with Crippen LogP contribution in [0.25, 0.3) is 5.69 Å². The molecule has 0 atom stereocenters. The summed E-state index contributed by atoms with van der Waals surface area (Å²) in [5.41, 5.74) is 1.26. The van der Waals surface area contributed by atoms with Crippen LogP contribution in [0.4, 0.5) is 4.79 Å². The molecule has 1 aromatic carbocycles. The van der Waals surface area contributed by atoms with Crippen LogP contribution in [0.2, 0.25) is 10.0 Å². The number of carbonyl (C=O) groups excluding carboxylic acids is 1. The Bertz CT molecular complexity index is 626. The average molecular weight is 314 g/mol. The van der Waals surface area contributed by atoms with E-state index in [0.29, 0.717) is 21.4 Å². The molecule has 1 N–H and O–H groups in total. The van der Waals surface area contributed by atoms with Gasteiger partial charge in [-0.15, -0.1) is 5.10 Å². The fraction of sp³-hybridized carbons (Fsp3) is 0.250. The number of amides is 2. The summed E-state index contributed by atoms with van der Waals surface area (Å²) in [7, 11) is 3.33. The molecule has 2 aromatic rings. The number of urea groups is 1. The molecule has 0 bridgehead atoms. The Labute approximate surface area is 126 Å². The van der Waals surface area contributed by atoms with E-state index in [1.54, 1.807) is 38.5 Å². The number of halogens is 2. The van der Waals surface area contributed by atoms with Gasteiger partial charge in [-0.3, -0.25) is 0 Å². The number of nitrogens with one attached hydrogen (secondary N) is 1. The lowest BCUT2D eigenvalue weighted by molar-refractivity contribution is 0.217. The topological polar surface area (TPSA) is 63.1 Å². The smallest absolute Gasteiger partial charge is 0.317 e. The zero-order chi connectivity index (χ0) is 14.7. The Hall–Kier alpha value is -1.79. The van der Waals surface area contributed by atoms with Gasteiger partial charge in [-0.25, -0.2) is 9.48 Å². The van der Waals surface area contributed by atoms with E-state index < -0.39 is 0 Å². The van der Waals surface area contributed by atoms with E-state index in [1.807, 2.05) is 0 Å².